The molecule has 0 aliphatic carbocycles. The van der Waals surface area contributed by atoms with Crippen LogP contribution < -0.4 is 10.5 Å². The van der Waals surface area contributed by atoms with Crippen LogP contribution >= 0.6 is 11.3 Å². The average Bonchev–Trinajstić information content (AvgIpc) is 3.02. The van der Waals surface area contributed by atoms with E-state index in [1.165, 1.54) is 34.4 Å². The van der Waals surface area contributed by atoms with Crippen molar-refractivity contribution in [3.05, 3.63) is 57.2 Å². The van der Waals surface area contributed by atoms with Crippen LogP contribution in [0.5, 0.6) is 0 Å². The maximum atomic E-state index is 13.1. The lowest BCUT2D eigenvalue weighted by Crippen LogP contribution is -2.48. The van der Waals surface area contributed by atoms with E-state index < -0.39 is 0 Å². The molecule has 0 spiro atoms. The number of piperazine rings is 1. The summed E-state index contributed by atoms with van der Waals surface area (Å²) < 4.78 is 14.5. The molecule has 1 saturated heterocycles. The molecule has 3 heterocycles. The van der Waals surface area contributed by atoms with Crippen molar-refractivity contribution >= 4 is 33.1 Å². The van der Waals surface area contributed by atoms with Gasteiger partial charge in [-0.3, -0.25) is 9.59 Å². The molecule has 8 heteroatoms. The fraction of sp³-hybridized carbons (Fsp3) is 0.316. The molecular weight excluding hydrogens is 367 g/mol. The Morgan fingerprint density at radius 2 is 1.81 bits per heavy atom. The topological polar surface area (TPSA) is 58.4 Å². The molecule has 0 radical (unpaired) electrons. The Hall–Kier alpha value is -2.74. The highest BCUT2D eigenvalue weighted by Gasteiger charge is 2.26. The molecule has 0 saturated carbocycles. The van der Waals surface area contributed by atoms with Crippen molar-refractivity contribution in [1.82, 2.24) is 14.5 Å². The van der Waals surface area contributed by atoms with Gasteiger partial charge in [-0.1, -0.05) is 0 Å². The monoisotopic (exact) mass is 386 g/mol. The van der Waals surface area contributed by atoms with E-state index >= 15 is 0 Å². The molecule has 0 atom stereocenters. The maximum Gasteiger partial charge on any atom is 0.264 e. The molecule has 3 aromatic rings. The van der Waals surface area contributed by atoms with Crippen molar-refractivity contribution in [3.8, 4) is 0 Å². The van der Waals surface area contributed by atoms with Crippen LogP contribution in [0.2, 0.25) is 0 Å². The van der Waals surface area contributed by atoms with Crippen LogP contribution in [0.3, 0.4) is 0 Å². The number of rotatable bonds is 2. The van der Waals surface area contributed by atoms with Gasteiger partial charge in [0.25, 0.3) is 11.5 Å². The number of anilines is 1. The Morgan fingerprint density at radius 1 is 1.15 bits per heavy atom. The molecule has 1 aromatic carbocycles. The third kappa shape index (κ3) is 3.10. The number of hydrogen-bond acceptors (Lipinski definition) is 5. The van der Waals surface area contributed by atoms with Crippen molar-refractivity contribution in [3.63, 3.8) is 0 Å². The number of carbonyl (C=O) groups is 1. The van der Waals surface area contributed by atoms with E-state index in [2.05, 4.69) is 9.88 Å². The second kappa shape index (κ2) is 6.77. The lowest BCUT2D eigenvalue weighted by atomic mass is 10.2. The number of nitrogens with zero attached hydrogens (tertiary/aromatic N) is 4. The summed E-state index contributed by atoms with van der Waals surface area (Å²) in [7, 11) is 1.65. The van der Waals surface area contributed by atoms with Gasteiger partial charge in [-0.05, 0) is 36.8 Å². The summed E-state index contributed by atoms with van der Waals surface area (Å²) in [6.45, 7) is 4.33. The van der Waals surface area contributed by atoms with Crippen LogP contribution in [-0.4, -0.2) is 46.5 Å². The van der Waals surface area contributed by atoms with Gasteiger partial charge in [0.2, 0.25) is 0 Å². The summed E-state index contributed by atoms with van der Waals surface area (Å²) >= 11 is 1.28. The van der Waals surface area contributed by atoms with E-state index in [9.17, 15) is 14.0 Å². The zero-order valence-corrected chi connectivity index (χ0v) is 15.9. The van der Waals surface area contributed by atoms with Crippen molar-refractivity contribution in [1.29, 1.82) is 0 Å². The Balaban J connectivity index is 1.54. The van der Waals surface area contributed by atoms with Gasteiger partial charge in [0, 0.05) is 38.9 Å². The third-order valence-corrected chi connectivity index (χ3v) is 6.15. The van der Waals surface area contributed by atoms with Gasteiger partial charge in [-0.2, -0.15) is 0 Å². The summed E-state index contributed by atoms with van der Waals surface area (Å²) in [5, 5.41) is 0.526. The molecule has 1 aliphatic heterocycles. The minimum absolute atomic E-state index is 0.0590. The maximum absolute atomic E-state index is 13.1. The lowest BCUT2D eigenvalue weighted by molar-refractivity contribution is 0.0751. The highest BCUT2D eigenvalue weighted by atomic mass is 32.1. The standard InChI is InChI=1S/C19H19FN4O2S/c1-12-15-17(21-11-22(2)18(15)25)27-16(12)19(26)24-9-7-23(8-10-24)14-5-3-13(20)4-6-14/h3-6,11H,7-10H2,1-2H3. The number of halogens is 1. The smallest absolute Gasteiger partial charge is 0.264 e. The van der Waals surface area contributed by atoms with E-state index in [1.807, 2.05) is 11.8 Å². The largest absolute Gasteiger partial charge is 0.368 e. The first kappa shape index (κ1) is 17.7. The lowest BCUT2D eigenvalue weighted by Gasteiger charge is -2.36. The fourth-order valence-electron chi connectivity index (χ4n) is 3.38. The van der Waals surface area contributed by atoms with E-state index in [0.717, 1.165) is 5.69 Å². The predicted molar refractivity (Wildman–Crippen MR) is 104 cm³/mol. The average molecular weight is 386 g/mol. The molecule has 1 aliphatic rings. The highest BCUT2D eigenvalue weighted by molar-refractivity contribution is 7.20. The number of amides is 1. The van der Waals surface area contributed by atoms with Crippen molar-refractivity contribution in [2.45, 2.75) is 6.92 Å². The van der Waals surface area contributed by atoms with Gasteiger partial charge in [-0.15, -0.1) is 11.3 Å². The molecule has 4 rings (SSSR count). The first-order chi connectivity index (χ1) is 13.0. The van der Waals surface area contributed by atoms with Gasteiger partial charge in [-0.25, -0.2) is 9.37 Å². The van der Waals surface area contributed by atoms with E-state index in [0.29, 0.717) is 46.8 Å². The van der Waals surface area contributed by atoms with Crippen molar-refractivity contribution in [2.75, 3.05) is 31.1 Å². The molecule has 0 bridgehead atoms. The van der Waals surface area contributed by atoms with Crippen LogP contribution in [0, 0.1) is 12.7 Å². The van der Waals surface area contributed by atoms with Crippen LogP contribution in [-0.2, 0) is 7.05 Å². The second-order valence-corrected chi connectivity index (χ2v) is 7.65. The summed E-state index contributed by atoms with van der Waals surface area (Å²) in [5.74, 6) is -0.316. The Morgan fingerprint density at radius 3 is 2.48 bits per heavy atom. The van der Waals surface area contributed by atoms with Crippen molar-refractivity contribution < 1.29 is 9.18 Å². The summed E-state index contributed by atoms with van der Waals surface area (Å²) in [5.41, 5.74) is 1.53. The molecule has 0 N–H and O–H groups in total. The molecule has 6 nitrogen and oxygen atoms in total. The minimum atomic E-state index is -0.257. The van der Waals surface area contributed by atoms with Gasteiger partial charge in [0.1, 0.15) is 10.6 Å². The number of aromatic nitrogens is 2. The number of benzene rings is 1. The Labute approximate surface area is 159 Å². The Bertz CT molecular complexity index is 1070. The number of hydrogen-bond donors (Lipinski definition) is 0. The van der Waals surface area contributed by atoms with Gasteiger partial charge in [0.05, 0.1) is 16.6 Å². The first-order valence-electron chi connectivity index (χ1n) is 8.70. The summed E-state index contributed by atoms with van der Waals surface area (Å²) in [6.07, 6.45) is 1.48. The third-order valence-electron chi connectivity index (χ3n) is 4.96. The Kier molecular flexibility index (Phi) is 4.43. The number of carbonyl (C=O) groups excluding carboxylic acids is 1. The first-order valence-corrected chi connectivity index (χ1v) is 9.52. The quantitative estimate of drug-likeness (QED) is 0.679. The SMILES string of the molecule is Cc1c(C(=O)N2CCN(c3ccc(F)cc3)CC2)sc2ncn(C)c(=O)c12. The molecular formula is C19H19FN4O2S. The van der Waals surface area contributed by atoms with Gasteiger partial charge < -0.3 is 14.4 Å². The molecule has 1 fully saturated rings. The van der Waals surface area contributed by atoms with Gasteiger partial charge >= 0.3 is 0 Å². The van der Waals surface area contributed by atoms with E-state index in [4.69, 9.17) is 0 Å². The molecule has 0 unspecified atom stereocenters. The summed E-state index contributed by atoms with van der Waals surface area (Å²) in [6, 6.07) is 6.40. The molecule has 1 amide bonds. The van der Waals surface area contributed by atoms with Crippen LogP contribution in [0.15, 0.2) is 35.4 Å². The summed E-state index contributed by atoms with van der Waals surface area (Å²) in [4.78, 5) is 34.8. The molecule has 27 heavy (non-hydrogen) atoms. The normalized spacial score (nSPS) is 14.8. The predicted octanol–water partition coefficient (Wildman–Crippen LogP) is 2.40. The zero-order chi connectivity index (χ0) is 19.1. The van der Waals surface area contributed by atoms with E-state index in [1.54, 1.807) is 19.2 Å². The van der Waals surface area contributed by atoms with E-state index in [-0.39, 0.29) is 17.3 Å². The molecule has 140 valence electrons. The van der Waals surface area contributed by atoms with Crippen molar-refractivity contribution in [2.24, 2.45) is 7.05 Å². The van der Waals surface area contributed by atoms with Gasteiger partial charge in [0.15, 0.2) is 0 Å². The minimum Gasteiger partial charge on any atom is -0.368 e. The van der Waals surface area contributed by atoms with Crippen LogP contribution in [0.4, 0.5) is 10.1 Å². The zero-order valence-electron chi connectivity index (χ0n) is 15.1. The second-order valence-electron chi connectivity index (χ2n) is 6.65. The number of fused-ring (bicyclic) bond motifs is 1. The van der Waals surface area contributed by atoms with Crippen LogP contribution in [0.25, 0.3) is 10.2 Å². The molecule has 2 aromatic heterocycles. The number of thiophene rings is 1. The highest BCUT2D eigenvalue weighted by Crippen LogP contribution is 2.28. The fourth-order valence-corrected chi connectivity index (χ4v) is 4.48. The number of aryl methyl sites for hydroxylation is 2. The van der Waals surface area contributed by atoms with Crippen LogP contribution in [0.1, 0.15) is 15.2 Å².